The second-order valence-electron chi connectivity index (χ2n) is 12.3. The molecule has 4 nitrogen and oxygen atoms in total. The van der Waals surface area contributed by atoms with Gasteiger partial charge < -0.3 is 13.8 Å². The molecule has 2 atom stereocenters. The number of nitrogens with zero attached hydrogens (tertiary/aromatic N) is 2. The number of hydrogen-bond donors (Lipinski definition) is 0. The molecule has 1 aliphatic heterocycles. The van der Waals surface area contributed by atoms with Gasteiger partial charge in [0.05, 0.1) is 0 Å². The largest absolute Gasteiger partial charge is 0.449 e. The van der Waals surface area contributed by atoms with Gasteiger partial charge in [-0.05, 0) is 89.5 Å². The maximum atomic E-state index is 6.71. The summed E-state index contributed by atoms with van der Waals surface area (Å²) < 4.78 is 13.0. The quantitative estimate of drug-likeness (QED) is 0.153. The van der Waals surface area contributed by atoms with Crippen molar-refractivity contribution in [3.8, 4) is 17.6 Å². The summed E-state index contributed by atoms with van der Waals surface area (Å²) in [7, 11) is 2.62. The molecule has 0 aromatic heterocycles. The van der Waals surface area contributed by atoms with E-state index in [9.17, 15) is 0 Å². The van der Waals surface area contributed by atoms with Crippen LogP contribution >= 0.6 is 10.3 Å². The molecule has 1 aromatic carbocycles. The van der Waals surface area contributed by atoms with Crippen molar-refractivity contribution in [1.82, 2.24) is 0 Å². The van der Waals surface area contributed by atoms with E-state index in [1.54, 1.807) is 0 Å². The molecule has 0 bridgehead atoms. The summed E-state index contributed by atoms with van der Waals surface area (Å²) in [5.74, 6) is 8.51. The lowest BCUT2D eigenvalue weighted by atomic mass is 9.82. The van der Waals surface area contributed by atoms with E-state index in [0.29, 0.717) is 5.92 Å². The van der Waals surface area contributed by atoms with Crippen molar-refractivity contribution >= 4 is 22.2 Å². The minimum absolute atomic E-state index is 0.0578. The van der Waals surface area contributed by atoms with Crippen molar-refractivity contribution in [3.05, 3.63) is 47.6 Å². The molecular formula is C33H50N2O2S. The number of anilines is 1. The third-order valence-electron chi connectivity index (χ3n) is 8.14. The van der Waals surface area contributed by atoms with E-state index in [2.05, 4.69) is 107 Å². The van der Waals surface area contributed by atoms with Gasteiger partial charge in [-0.3, -0.25) is 4.99 Å². The number of rotatable bonds is 12. The van der Waals surface area contributed by atoms with Gasteiger partial charge in [-0.2, -0.15) is 0 Å². The molecule has 0 radical (unpaired) electrons. The minimum atomic E-state index is -1.34. The van der Waals surface area contributed by atoms with Crippen LogP contribution in [0.15, 0.2) is 47.0 Å². The molecule has 1 saturated heterocycles. The lowest BCUT2D eigenvalue weighted by Gasteiger charge is -2.44. The monoisotopic (exact) mass is 538 g/mol. The van der Waals surface area contributed by atoms with Gasteiger partial charge in [-0.15, -0.1) is 0 Å². The Balaban J connectivity index is 2.04. The predicted molar refractivity (Wildman–Crippen MR) is 168 cm³/mol. The lowest BCUT2D eigenvalue weighted by Crippen LogP contribution is -2.38. The van der Waals surface area contributed by atoms with Crippen molar-refractivity contribution < 1.29 is 8.92 Å². The molecule has 1 heterocycles. The zero-order valence-electron chi connectivity index (χ0n) is 25.3. The first-order chi connectivity index (χ1) is 17.8. The number of benzene rings is 1. The molecule has 2 aliphatic rings. The van der Waals surface area contributed by atoms with E-state index >= 15 is 0 Å². The highest BCUT2D eigenvalue weighted by Crippen LogP contribution is 2.54. The maximum absolute atomic E-state index is 6.71. The number of aliphatic imine (C=N–C) groups is 1. The van der Waals surface area contributed by atoms with Crippen molar-refractivity contribution in [1.29, 1.82) is 0 Å². The fraction of sp³-hybridized carbons (Fsp3) is 0.606. The highest BCUT2D eigenvalue weighted by Gasteiger charge is 2.43. The third-order valence-corrected chi connectivity index (χ3v) is 11.7. The van der Waals surface area contributed by atoms with E-state index in [4.69, 9.17) is 8.92 Å². The Hall–Kier alpha value is -2.16. The summed E-state index contributed by atoms with van der Waals surface area (Å²) in [5, 5.41) is 0. The van der Waals surface area contributed by atoms with E-state index in [0.717, 1.165) is 61.3 Å². The Morgan fingerprint density at radius 2 is 2.03 bits per heavy atom. The van der Waals surface area contributed by atoms with Crippen LogP contribution in [0.25, 0.3) is 0 Å². The Morgan fingerprint density at radius 1 is 1.32 bits per heavy atom. The highest BCUT2D eigenvalue weighted by atomic mass is 32.3. The number of hydrogen-bond acceptors (Lipinski definition) is 4. The van der Waals surface area contributed by atoms with E-state index in [1.807, 2.05) is 13.3 Å². The van der Waals surface area contributed by atoms with Gasteiger partial charge in [0.15, 0.2) is 0 Å². The molecule has 0 amide bonds. The molecular weight excluding hydrogens is 488 g/mol. The molecule has 38 heavy (non-hydrogen) atoms. The molecule has 1 unspecified atom stereocenters. The second-order valence-corrected chi connectivity index (χ2v) is 16.1. The predicted octanol–water partition coefficient (Wildman–Crippen LogP) is 8.07. The highest BCUT2D eigenvalue weighted by molar-refractivity contribution is 8.30. The first kappa shape index (κ1) is 30.4. The SMILES string of the molecule is C=C(C/C=C(\C=NC)C1(c2cc(OS(C)(C)C(C)(C)C)ccc2N(C)C2CCCCO2)C#C1)C[C@@H](C)CC. The molecule has 3 rings (SSSR count). The van der Waals surface area contributed by atoms with Gasteiger partial charge >= 0.3 is 0 Å². The van der Waals surface area contributed by atoms with Crippen molar-refractivity contribution in [2.45, 2.75) is 89.5 Å². The standard InChI is InChI=1S/C33H50N2O2S/c1-11-25(2)22-26(3)15-16-27(24-34-7)33(19-20-33)29-23-28(37-38(9,10)32(4,5)6)17-18-30(29)35(8)31-14-12-13-21-36-31/h16-18,23-25,31H,3,11-15,21-22H2,1-2,4-10H3/b27-16+,34-24?/t25-,31?/m0/s1. The lowest BCUT2D eigenvalue weighted by molar-refractivity contribution is 0.0173. The van der Waals surface area contributed by atoms with Crippen LogP contribution in [0, 0.1) is 17.8 Å². The van der Waals surface area contributed by atoms with Crippen LogP contribution in [-0.4, -0.2) is 50.4 Å². The van der Waals surface area contributed by atoms with Crippen LogP contribution in [0.5, 0.6) is 5.75 Å². The van der Waals surface area contributed by atoms with Gasteiger partial charge in [0, 0.05) is 48.5 Å². The topological polar surface area (TPSA) is 34.1 Å². The molecule has 5 heteroatoms. The van der Waals surface area contributed by atoms with E-state index in [-0.39, 0.29) is 11.0 Å². The number of ether oxygens (including phenoxy) is 1. The zero-order chi connectivity index (χ0) is 28.1. The Morgan fingerprint density at radius 3 is 2.58 bits per heavy atom. The van der Waals surface area contributed by atoms with Crippen molar-refractivity contribution in [2.75, 3.05) is 38.1 Å². The van der Waals surface area contributed by atoms with Crippen LogP contribution in [-0.2, 0) is 10.2 Å². The summed E-state index contributed by atoms with van der Waals surface area (Å²) in [6.07, 6.45) is 15.1. The molecule has 1 aliphatic carbocycles. The van der Waals surface area contributed by atoms with Crippen molar-refractivity contribution in [2.24, 2.45) is 10.9 Å². The average molecular weight is 539 g/mol. The Labute approximate surface area is 234 Å². The fourth-order valence-electron chi connectivity index (χ4n) is 4.64. The minimum Gasteiger partial charge on any atom is -0.449 e. The molecule has 1 fully saturated rings. The summed E-state index contributed by atoms with van der Waals surface area (Å²) in [6, 6.07) is 6.50. The first-order valence-electron chi connectivity index (χ1n) is 14.1. The van der Waals surface area contributed by atoms with Crippen LogP contribution in [0.2, 0.25) is 0 Å². The third kappa shape index (κ3) is 7.07. The smallest absolute Gasteiger partial charge is 0.145 e. The average Bonchev–Trinajstić information content (AvgIpc) is 3.67. The Bertz CT molecular complexity index is 1100. The molecule has 210 valence electrons. The second kappa shape index (κ2) is 12.3. The molecule has 0 saturated carbocycles. The zero-order valence-corrected chi connectivity index (χ0v) is 26.1. The normalized spacial score (nSPS) is 20.4. The van der Waals surface area contributed by atoms with Crippen LogP contribution in [0.1, 0.15) is 78.7 Å². The fourth-order valence-corrected chi connectivity index (χ4v) is 5.47. The van der Waals surface area contributed by atoms with Gasteiger partial charge in [0.25, 0.3) is 0 Å². The summed E-state index contributed by atoms with van der Waals surface area (Å²) in [4.78, 5) is 6.72. The van der Waals surface area contributed by atoms with Gasteiger partial charge in [-0.1, -0.05) is 60.6 Å². The molecule has 0 spiro atoms. The van der Waals surface area contributed by atoms with Gasteiger partial charge in [0.2, 0.25) is 0 Å². The Kier molecular flexibility index (Phi) is 9.87. The summed E-state index contributed by atoms with van der Waals surface area (Å²) >= 11 is 0. The maximum Gasteiger partial charge on any atom is 0.145 e. The summed E-state index contributed by atoms with van der Waals surface area (Å²) in [6.45, 7) is 16.5. The van der Waals surface area contributed by atoms with Gasteiger partial charge in [0.1, 0.15) is 17.4 Å². The van der Waals surface area contributed by atoms with Crippen molar-refractivity contribution in [3.63, 3.8) is 0 Å². The summed E-state index contributed by atoms with van der Waals surface area (Å²) in [5.41, 5.74) is 4.03. The van der Waals surface area contributed by atoms with Crippen LogP contribution in [0.4, 0.5) is 5.69 Å². The first-order valence-corrected chi connectivity index (χ1v) is 16.5. The molecule has 0 N–H and O–H groups in total. The molecule has 1 aromatic rings. The van der Waals surface area contributed by atoms with E-state index in [1.165, 1.54) is 12.0 Å². The van der Waals surface area contributed by atoms with Gasteiger partial charge in [-0.25, -0.2) is 0 Å². The van der Waals surface area contributed by atoms with Crippen LogP contribution < -0.4 is 9.08 Å². The van der Waals surface area contributed by atoms with E-state index < -0.39 is 15.7 Å². The number of allylic oxidation sites excluding steroid dienone is 3. The van der Waals surface area contributed by atoms with Crippen LogP contribution in [0.3, 0.4) is 0 Å².